The third-order valence-electron chi connectivity index (χ3n) is 5.08. The lowest BCUT2D eigenvalue weighted by Crippen LogP contribution is -2.30. The van der Waals surface area contributed by atoms with Crippen molar-refractivity contribution < 1.29 is 9.90 Å². The number of β-amino-alcohol motifs (C(OH)–C–C–N with tert-alkyl or cyclic N) is 1. The molecular formula is C20H21N3O2. The Morgan fingerprint density at radius 2 is 2.04 bits per heavy atom. The van der Waals surface area contributed by atoms with E-state index in [9.17, 15) is 9.90 Å². The predicted molar refractivity (Wildman–Crippen MR) is 96.3 cm³/mol. The zero-order chi connectivity index (χ0) is 17.4. The van der Waals surface area contributed by atoms with Crippen LogP contribution in [0.15, 0.2) is 54.9 Å². The summed E-state index contributed by atoms with van der Waals surface area (Å²) in [6.45, 7) is 0.958. The molecule has 3 aromatic rings. The number of pyridine rings is 1. The lowest BCUT2D eigenvalue weighted by Gasteiger charge is -2.17. The van der Waals surface area contributed by atoms with E-state index in [2.05, 4.69) is 11.1 Å². The number of amides is 1. The molecule has 25 heavy (non-hydrogen) atoms. The predicted octanol–water partition coefficient (Wildman–Crippen LogP) is 2.25. The summed E-state index contributed by atoms with van der Waals surface area (Å²) < 4.78 is 1.82. The molecule has 0 saturated carbocycles. The second-order valence-electron chi connectivity index (χ2n) is 6.73. The Morgan fingerprint density at radius 3 is 2.84 bits per heavy atom. The van der Waals surface area contributed by atoms with Crippen LogP contribution in [0.4, 0.5) is 0 Å². The van der Waals surface area contributed by atoms with Crippen LogP contribution < -0.4 is 0 Å². The molecule has 0 aliphatic carbocycles. The highest BCUT2D eigenvalue weighted by Crippen LogP contribution is 2.26. The molecule has 2 atom stereocenters. The van der Waals surface area contributed by atoms with Gasteiger partial charge in [-0.1, -0.05) is 18.2 Å². The van der Waals surface area contributed by atoms with Gasteiger partial charge in [0.05, 0.1) is 11.6 Å². The van der Waals surface area contributed by atoms with Gasteiger partial charge in [-0.2, -0.15) is 0 Å². The van der Waals surface area contributed by atoms with Crippen molar-refractivity contribution in [1.82, 2.24) is 14.5 Å². The van der Waals surface area contributed by atoms with E-state index in [0.717, 1.165) is 17.3 Å². The van der Waals surface area contributed by atoms with E-state index in [1.54, 1.807) is 4.90 Å². The van der Waals surface area contributed by atoms with Gasteiger partial charge in [0.25, 0.3) is 5.91 Å². The Kier molecular flexibility index (Phi) is 4.01. The molecule has 0 bridgehead atoms. The quantitative estimate of drug-likeness (QED) is 0.799. The van der Waals surface area contributed by atoms with E-state index in [-0.39, 0.29) is 11.8 Å². The number of likely N-dealkylation sites (tertiary alicyclic amines) is 1. The summed E-state index contributed by atoms with van der Waals surface area (Å²) in [5.74, 6) is 0.0173. The van der Waals surface area contributed by atoms with Crippen molar-refractivity contribution in [2.24, 2.45) is 13.0 Å². The largest absolute Gasteiger partial charge is 0.391 e. The minimum absolute atomic E-state index is 0.0198. The number of aliphatic hydroxyl groups is 1. The number of para-hydroxylation sites is 1. The smallest absolute Gasteiger partial charge is 0.270 e. The Bertz CT molecular complexity index is 913. The lowest BCUT2D eigenvalue weighted by molar-refractivity contribution is 0.0755. The summed E-state index contributed by atoms with van der Waals surface area (Å²) in [7, 11) is 1.86. The Morgan fingerprint density at radius 1 is 1.20 bits per heavy atom. The van der Waals surface area contributed by atoms with Crippen LogP contribution in [0, 0.1) is 5.92 Å². The van der Waals surface area contributed by atoms with Gasteiger partial charge in [-0.3, -0.25) is 9.78 Å². The van der Waals surface area contributed by atoms with Crippen molar-refractivity contribution in [3.63, 3.8) is 0 Å². The number of aromatic nitrogens is 2. The molecule has 5 heteroatoms. The lowest BCUT2D eigenvalue weighted by atomic mass is 9.94. The molecule has 1 aromatic carbocycles. The van der Waals surface area contributed by atoms with Crippen LogP contribution in [-0.4, -0.2) is 44.7 Å². The van der Waals surface area contributed by atoms with E-state index in [1.165, 1.54) is 5.56 Å². The standard InChI is InChI=1S/C20H21N3O2/c1-22-10-4-7-18(22)20(25)23-12-15(19(24)13-23)11-14-8-9-21-17-6-3-2-5-16(14)17/h2-10,15,19,24H,11-13H2,1H3/t15-,19+/m1/s1. The zero-order valence-corrected chi connectivity index (χ0v) is 14.2. The zero-order valence-electron chi connectivity index (χ0n) is 14.2. The first-order valence-corrected chi connectivity index (χ1v) is 8.55. The molecule has 128 valence electrons. The summed E-state index contributed by atoms with van der Waals surface area (Å²) in [5.41, 5.74) is 2.79. The molecule has 5 nitrogen and oxygen atoms in total. The molecule has 3 heterocycles. The maximum Gasteiger partial charge on any atom is 0.270 e. The second-order valence-corrected chi connectivity index (χ2v) is 6.73. The van der Waals surface area contributed by atoms with Gasteiger partial charge in [-0.15, -0.1) is 0 Å². The average Bonchev–Trinajstić information content (AvgIpc) is 3.21. The number of hydrogen-bond donors (Lipinski definition) is 1. The second kappa shape index (κ2) is 6.33. The van der Waals surface area contributed by atoms with Crippen LogP contribution in [0.25, 0.3) is 10.9 Å². The fourth-order valence-corrected chi connectivity index (χ4v) is 3.68. The molecule has 1 aliphatic rings. The van der Waals surface area contributed by atoms with Crippen LogP contribution in [0.2, 0.25) is 0 Å². The van der Waals surface area contributed by atoms with Crippen molar-refractivity contribution in [2.75, 3.05) is 13.1 Å². The summed E-state index contributed by atoms with van der Waals surface area (Å²) in [4.78, 5) is 18.8. The first kappa shape index (κ1) is 15.8. The minimum Gasteiger partial charge on any atom is -0.391 e. The fourth-order valence-electron chi connectivity index (χ4n) is 3.68. The van der Waals surface area contributed by atoms with Crippen molar-refractivity contribution in [3.05, 3.63) is 66.1 Å². The monoisotopic (exact) mass is 335 g/mol. The molecule has 0 spiro atoms. The van der Waals surface area contributed by atoms with Gasteiger partial charge in [0.15, 0.2) is 0 Å². The number of aliphatic hydroxyl groups excluding tert-OH is 1. The topological polar surface area (TPSA) is 58.4 Å². The van der Waals surface area contributed by atoms with E-state index in [0.29, 0.717) is 18.8 Å². The number of aryl methyl sites for hydroxylation is 1. The average molecular weight is 335 g/mol. The number of nitrogens with zero attached hydrogens (tertiary/aromatic N) is 3. The normalized spacial score (nSPS) is 20.3. The van der Waals surface area contributed by atoms with Gasteiger partial charge < -0.3 is 14.6 Å². The summed E-state index contributed by atoms with van der Waals surface area (Å²) in [5, 5.41) is 11.6. The molecule has 0 radical (unpaired) electrons. The number of hydrogen-bond acceptors (Lipinski definition) is 3. The first-order chi connectivity index (χ1) is 12.1. The van der Waals surface area contributed by atoms with Crippen molar-refractivity contribution in [2.45, 2.75) is 12.5 Å². The van der Waals surface area contributed by atoms with E-state index < -0.39 is 6.10 Å². The number of fused-ring (bicyclic) bond motifs is 1. The van der Waals surface area contributed by atoms with Gasteiger partial charge in [-0.05, 0) is 36.2 Å². The van der Waals surface area contributed by atoms with Crippen LogP contribution in [0.5, 0.6) is 0 Å². The third kappa shape index (κ3) is 2.91. The summed E-state index contributed by atoms with van der Waals surface area (Å²) in [6.07, 6.45) is 3.91. The molecule has 1 N–H and O–H groups in total. The number of carbonyl (C=O) groups excluding carboxylic acids is 1. The molecule has 4 rings (SSSR count). The van der Waals surface area contributed by atoms with Gasteiger partial charge in [0.2, 0.25) is 0 Å². The van der Waals surface area contributed by atoms with Crippen LogP contribution >= 0.6 is 0 Å². The van der Waals surface area contributed by atoms with Gasteiger partial charge in [0, 0.05) is 43.8 Å². The molecule has 1 fully saturated rings. The first-order valence-electron chi connectivity index (χ1n) is 8.55. The Balaban J connectivity index is 1.54. The molecule has 1 aliphatic heterocycles. The molecule has 2 aromatic heterocycles. The van der Waals surface area contributed by atoms with Crippen molar-refractivity contribution in [3.8, 4) is 0 Å². The van der Waals surface area contributed by atoms with Gasteiger partial charge in [0.1, 0.15) is 5.69 Å². The molecular weight excluding hydrogens is 314 g/mol. The number of benzene rings is 1. The van der Waals surface area contributed by atoms with Crippen LogP contribution in [0.3, 0.4) is 0 Å². The molecule has 0 unspecified atom stereocenters. The van der Waals surface area contributed by atoms with Crippen LogP contribution in [0.1, 0.15) is 16.1 Å². The number of carbonyl (C=O) groups is 1. The van der Waals surface area contributed by atoms with Crippen molar-refractivity contribution >= 4 is 16.8 Å². The van der Waals surface area contributed by atoms with E-state index >= 15 is 0 Å². The third-order valence-corrected chi connectivity index (χ3v) is 5.08. The highest BCUT2D eigenvalue weighted by Gasteiger charge is 2.35. The minimum atomic E-state index is -0.504. The fraction of sp³-hybridized carbons (Fsp3) is 0.300. The van der Waals surface area contributed by atoms with Crippen LogP contribution in [-0.2, 0) is 13.5 Å². The van der Waals surface area contributed by atoms with E-state index in [4.69, 9.17) is 0 Å². The Hall–Kier alpha value is -2.66. The van der Waals surface area contributed by atoms with Gasteiger partial charge >= 0.3 is 0 Å². The number of rotatable bonds is 3. The summed E-state index contributed by atoms with van der Waals surface area (Å²) in [6, 6.07) is 13.7. The highest BCUT2D eigenvalue weighted by molar-refractivity contribution is 5.93. The van der Waals surface area contributed by atoms with E-state index in [1.807, 2.05) is 60.4 Å². The highest BCUT2D eigenvalue weighted by atomic mass is 16.3. The SMILES string of the molecule is Cn1cccc1C(=O)N1C[C@@H](Cc2ccnc3ccccc23)[C@@H](O)C1. The molecule has 1 amide bonds. The summed E-state index contributed by atoms with van der Waals surface area (Å²) >= 11 is 0. The van der Waals surface area contributed by atoms with Crippen molar-refractivity contribution in [1.29, 1.82) is 0 Å². The molecule has 1 saturated heterocycles. The maximum absolute atomic E-state index is 12.7. The Labute approximate surface area is 146 Å². The maximum atomic E-state index is 12.7. The van der Waals surface area contributed by atoms with Gasteiger partial charge in [-0.25, -0.2) is 0 Å².